The first-order valence-corrected chi connectivity index (χ1v) is 6.00. The van der Waals surface area contributed by atoms with Crippen molar-refractivity contribution in [3.63, 3.8) is 0 Å². The summed E-state index contributed by atoms with van der Waals surface area (Å²) in [5.74, 6) is 0.916. The molecule has 0 spiro atoms. The van der Waals surface area contributed by atoms with Crippen LogP contribution in [0, 0.1) is 12.8 Å². The van der Waals surface area contributed by atoms with Crippen molar-refractivity contribution in [2.75, 3.05) is 6.54 Å². The molecular formula is C11H18N4O2. The van der Waals surface area contributed by atoms with Gasteiger partial charge in [-0.2, -0.15) is 0 Å². The van der Waals surface area contributed by atoms with E-state index in [1.807, 2.05) is 0 Å². The lowest BCUT2D eigenvalue weighted by molar-refractivity contribution is 0.0866. The summed E-state index contributed by atoms with van der Waals surface area (Å²) < 4.78 is 0. The molecule has 1 aromatic heterocycles. The van der Waals surface area contributed by atoms with E-state index in [9.17, 15) is 9.90 Å². The van der Waals surface area contributed by atoms with Crippen LogP contribution in [0.2, 0.25) is 0 Å². The van der Waals surface area contributed by atoms with Gasteiger partial charge in [0, 0.05) is 6.54 Å². The normalized spacial score (nSPS) is 24.6. The number of rotatable bonds is 3. The largest absolute Gasteiger partial charge is 0.393 e. The number of nitrogens with one attached hydrogen (secondary N) is 2. The third-order valence-corrected chi connectivity index (χ3v) is 3.11. The molecule has 0 radical (unpaired) electrons. The highest BCUT2D eigenvalue weighted by Crippen LogP contribution is 2.23. The van der Waals surface area contributed by atoms with Gasteiger partial charge in [-0.25, -0.2) is 4.98 Å². The van der Waals surface area contributed by atoms with Crippen molar-refractivity contribution in [2.45, 2.75) is 38.7 Å². The first-order valence-electron chi connectivity index (χ1n) is 6.00. The third kappa shape index (κ3) is 3.26. The van der Waals surface area contributed by atoms with Crippen molar-refractivity contribution in [3.05, 3.63) is 11.6 Å². The fraction of sp³-hybridized carbons (Fsp3) is 0.727. The second-order valence-electron chi connectivity index (χ2n) is 4.64. The average Bonchev–Trinajstić information content (AvgIpc) is 2.73. The van der Waals surface area contributed by atoms with E-state index in [1.54, 1.807) is 6.92 Å². The molecular weight excluding hydrogens is 220 g/mol. The lowest BCUT2D eigenvalue weighted by Crippen LogP contribution is -2.33. The monoisotopic (exact) mass is 238 g/mol. The summed E-state index contributed by atoms with van der Waals surface area (Å²) in [5, 5.41) is 18.8. The summed E-state index contributed by atoms with van der Waals surface area (Å²) >= 11 is 0. The summed E-state index contributed by atoms with van der Waals surface area (Å²) in [6.45, 7) is 2.34. The van der Waals surface area contributed by atoms with Gasteiger partial charge in [0.05, 0.1) is 6.10 Å². The van der Waals surface area contributed by atoms with Gasteiger partial charge in [0.2, 0.25) is 5.82 Å². The molecule has 0 saturated heterocycles. The smallest absolute Gasteiger partial charge is 0.290 e. The summed E-state index contributed by atoms with van der Waals surface area (Å²) in [4.78, 5) is 15.6. The van der Waals surface area contributed by atoms with Crippen molar-refractivity contribution in [2.24, 2.45) is 5.92 Å². The maximum absolute atomic E-state index is 11.7. The summed E-state index contributed by atoms with van der Waals surface area (Å²) in [6.07, 6.45) is 3.53. The number of H-pyrrole nitrogens is 1. The van der Waals surface area contributed by atoms with Gasteiger partial charge < -0.3 is 10.4 Å². The van der Waals surface area contributed by atoms with Crippen LogP contribution in [0.15, 0.2) is 0 Å². The highest BCUT2D eigenvalue weighted by Gasteiger charge is 2.21. The minimum atomic E-state index is -0.255. The van der Waals surface area contributed by atoms with Gasteiger partial charge >= 0.3 is 0 Å². The Hall–Kier alpha value is -1.43. The van der Waals surface area contributed by atoms with E-state index in [0.29, 0.717) is 18.3 Å². The third-order valence-electron chi connectivity index (χ3n) is 3.11. The maximum atomic E-state index is 11.7. The van der Waals surface area contributed by atoms with Crippen molar-refractivity contribution < 1.29 is 9.90 Å². The first kappa shape index (κ1) is 12.0. The SMILES string of the molecule is Cc1nc(C(=O)NCC2CCCC(O)C2)n[nH]1. The predicted molar refractivity (Wildman–Crippen MR) is 61.4 cm³/mol. The number of carbonyl (C=O) groups excluding carboxylic acids is 1. The second kappa shape index (κ2) is 5.27. The molecule has 0 aliphatic heterocycles. The van der Waals surface area contributed by atoms with Gasteiger partial charge in [-0.3, -0.25) is 9.89 Å². The number of aromatic amines is 1. The number of aliphatic hydroxyl groups excluding tert-OH is 1. The highest BCUT2D eigenvalue weighted by atomic mass is 16.3. The Kier molecular flexibility index (Phi) is 3.73. The summed E-state index contributed by atoms with van der Waals surface area (Å²) in [7, 11) is 0. The Balaban J connectivity index is 1.80. The van der Waals surface area contributed by atoms with E-state index in [-0.39, 0.29) is 17.8 Å². The zero-order chi connectivity index (χ0) is 12.3. The van der Waals surface area contributed by atoms with Crippen molar-refractivity contribution in [1.82, 2.24) is 20.5 Å². The van der Waals surface area contributed by atoms with E-state index < -0.39 is 0 Å². The number of amides is 1. The molecule has 1 heterocycles. The van der Waals surface area contributed by atoms with Crippen LogP contribution < -0.4 is 5.32 Å². The van der Waals surface area contributed by atoms with Crippen LogP contribution in [-0.4, -0.2) is 38.8 Å². The molecule has 0 bridgehead atoms. The molecule has 2 atom stereocenters. The Labute approximate surface area is 99.8 Å². The lowest BCUT2D eigenvalue weighted by Gasteiger charge is -2.25. The molecule has 1 aromatic rings. The van der Waals surface area contributed by atoms with E-state index in [0.717, 1.165) is 25.7 Å². The Morgan fingerprint density at radius 2 is 2.41 bits per heavy atom. The zero-order valence-corrected chi connectivity index (χ0v) is 9.94. The molecule has 2 rings (SSSR count). The molecule has 1 amide bonds. The van der Waals surface area contributed by atoms with E-state index in [2.05, 4.69) is 20.5 Å². The fourth-order valence-corrected chi connectivity index (χ4v) is 2.21. The molecule has 3 N–H and O–H groups in total. The van der Waals surface area contributed by atoms with Gasteiger partial charge in [0.1, 0.15) is 5.82 Å². The number of aliphatic hydroxyl groups is 1. The van der Waals surface area contributed by atoms with Gasteiger partial charge in [0.15, 0.2) is 0 Å². The molecule has 6 heteroatoms. The topological polar surface area (TPSA) is 90.9 Å². The van der Waals surface area contributed by atoms with Crippen molar-refractivity contribution >= 4 is 5.91 Å². The van der Waals surface area contributed by atoms with Crippen LogP contribution in [0.4, 0.5) is 0 Å². The van der Waals surface area contributed by atoms with E-state index in [1.165, 1.54) is 0 Å². The Morgan fingerprint density at radius 1 is 1.59 bits per heavy atom. The van der Waals surface area contributed by atoms with Crippen LogP contribution in [0.3, 0.4) is 0 Å². The standard InChI is InChI=1S/C11H18N4O2/c1-7-13-10(15-14-7)11(17)12-6-8-3-2-4-9(16)5-8/h8-9,16H,2-6H2,1H3,(H,12,17)(H,13,14,15). The summed E-state index contributed by atoms with van der Waals surface area (Å²) in [6, 6.07) is 0. The molecule has 2 unspecified atom stereocenters. The number of hydrogen-bond donors (Lipinski definition) is 3. The number of hydrogen-bond acceptors (Lipinski definition) is 4. The van der Waals surface area contributed by atoms with Crippen molar-refractivity contribution in [3.8, 4) is 0 Å². The first-order chi connectivity index (χ1) is 8.15. The van der Waals surface area contributed by atoms with Gasteiger partial charge in [-0.15, -0.1) is 5.10 Å². The Bertz CT molecular complexity index is 391. The summed E-state index contributed by atoms with van der Waals surface area (Å²) in [5.41, 5.74) is 0. The fourth-order valence-electron chi connectivity index (χ4n) is 2.21. The van der Waals surface area contributed by atoms with Crippen LogP contribution in [0.25, 0.3) is 0 Å². The average molecular weight is 238 g/mol. The molecule has 6 nitrogen and oxygen atoms in total. The van der Waals surface area contributed by atoms with Gasteiger partial charge in [-0.05, 0) is 32.1 Å². The molecule has 1 fully saturated rings. The highest BCUT2D eigenvalue weighted by molar-refractivity contribution is 5.90. The van der Waals surface area contributed by atoms with E-state index in [4.69, 9.17) is 0 Å². The van der Waals surface area contributed by atoms with E-state index >= 15 is 0 Å². The van der Waals surface area contributed by atoms with Crippen LogP contribution in [0.5, 0.6) is 0 Å². The van der Waals surface area contributed by atoms with Crippen LogP contribution in [0.1, 0.15) is 42.1 Å². The molecule has 1 aliphatic carbocycles. The molecule has 0 aromatic carbocycles. The lowest BCUT2D eigenvalue weighted by atomic mass is 9.87. The maximum Gasteiger partial charge on any atom is 0.290 e. The zero-order valence-electron chi connectivity index (χ0n) is 9.94. The number of carbonyl (C=O) groups is 1. The molecule has 1 aliphatic rings. The number of nitrogens with zero attached hydrogens (tertiary/aromatic N) is 2. The molecule has 17 heavy (non-hydrogen) atoms. The molecule has 1 saturated carbocycles. The predicted octanol–water partition coefficient (Wildman–Crippen LogP) is 0.394. The van der Waals surface area contributed by atoms with Crippen LogP contribution >= 0.6 is 0 Å². The Morgan fingerprint density at radius 3 is 3.06 bits per heavy atom. The van der Waals surface area contributed by atoms with Crippen LogP contribution in [-0.2, 0) is 0 Å². The molecule has 94 valence electrons. The van der Waals surface area contributed by atoms with Gasteiger partial charge in [0.25, 0.3) is 5.91 Å². The quantitative estimate of drug-likeness (QED) is 0.710. The van der Waals surface area contributed by atoms with Gasteiger partial charge in [-0.1, -0.05) is 6.42 Å². The van der Waals surface area contributed by atoms with Crippen molar-refractivity contribution in [1.29, 1.82) is 0 Å². The minimum Gasteiger partial charge on any atom is -0.393 e. The number of aromatic nitrogens is 3. The second-order valence-corrected chi connectivity index (χ2v) is 4.64. The number of aryl methyl sites for hydroxylation is 1. The minimum absolute atomic E-state index is 0.179.